The molecular formula is C15H22BrNO2. The highest BCUT2D eigenvalue weighted by Gasteiger charge is 2.33. The fourth-order valence-corrected chi connectivity index (χ4v) is 3.29. The van der Waals surface area contributed by atoms with E-state index in [4.69, 9.17) is 9.47 Å². The number of ether oxygens (including phenoxy) is 2. The van der Waals surface area contributed by atoms with Gasteiger partial charge in [0.1, 0.15) is 5.75 Å². The summed E-state index contributed by atoms with van der Waals surface area (Å²) in [6.07, 6.45) is 3.23. The second-order valence-electron chi connectivity index (χ2n) is 5.28. The van der Waals surface area contributed by atoms with E-state index in [1.54, 1.807) is 7.11 Å². The van der Waals surface area contributed by atoms with Crippen LogP contribution in [0, 0.1) is 5.41 Å². The second-order valence-corrected chi connectivity index (χ2v) is 6.19. The molecule has 1 aliphatic heterocycles. The van der Waals surface area contributed by atoms with Crippen LogP contribution in [0.25, 0.3) is 0 Å². The van der Waals surface area contributed by atoms with Crippen LogP contribution in [-0.2, 0) is 11.2 Å². The zero-order valence-corrected chi connectivity index (χ0v) is 13.3. The molecule has 0 atom stereocenters. The van der Waals surface area contributed by atoms with Gasteiger partial charge in [-0.15, -0.1) is 0 Å². The largest absolute Gasteiger partial charge is 0.496 e. The molecule has 4 heteroatoms. The van der Waals surface area contributed by atoms with Gasteiger partial charge in [0.25, 0.3) is 0 Å². The van der Waals surface area contributed by atoms with Gasteiger partial charge >= 0.3 is 0 Å². The summed E-state index contributed by atoms with van der Waals surface area (Å²) in [7, 11) is 3.76. The minimum Gasteiger partial charge on any atom is -0.496 e. The van der Waals surface area contributed by atoms with Gasteiger partial charge in [-0.2, -0.15) is 0 Å². The highest BCUT2D eigenvalue weighted by Crippen LogP contribution is 2.37. The minimum absolute atomic E-state index is 0.279. The maximum Gasteiger partial charge on any atom is 0.122 e. The van der Waals surface area contributed by atoms with Crippen LogP contribution >= 0.6 is 15.9 Å². The number of benzene rings is 1. The number of hydrogen-bond donors (Lipinski definition) is 1. The fraction of sp³-hybridized carbons (Fsp3) is 0.600. The standard InChI is InChI=1S/C15H22BrNO2/c1-17-11-15(5-7-19-8-6-15)10-12-9-13(16)3-4-14(12)18-2/h3-4,9,17H,5-8,10-11H2,1-2H3. The van der Waals surface area contributed by atoms with Crippen molar-refractivity contribution in [2.45, 2.75) is 19.3 Å². The Bertz CT molecular complexity index is 411. The highest BCUT2D eigenvalue weighted by atomic mass is 79.9. The number of nitrogens with one attached hydrogen (secondary N) is 1. The number of hydrogen-bond acceptors (Lipinski definition) is 3. The van der Waals surface area contributed by atoms with E-state index >= 15 is 0 Å². The van der Waals surface area contributed by atoms with Crippen LogP contribution in [-0.4, -0.2) is 33.9 Å². The maximum atomic E-state index is 5.52. The smallest absolute Gasteiger partial charge is 0.122 e. The molecule has 1 N–H and O–H groups in total. The van der Waals surface area contributed by atoms with Crippen molar-refractivity contribution in [3.05, 3.63) is 28.2 Å². The van der Waals surface area contributed by atoms with Crippen LogP contribution in [0.15, 0.2) is 22.7 Å². The van der Waals surface area contributed by atoms with Crippen LogP contribution < -0.4 is 10.1 Å². The molecule has 0 saturated carbocycles. The minimum atomic E-state index is 0.279. The summed E-state index contributed by atoms with van der Waals surface area (Å²) < 4.78 is 12.1. The lowest BCUT2D eigenvalue weighted by atomic mass is 9.75. The number of rotatable bonds is 5. The van der Waals surface area contributed by atoms with Gasteiger partial charge < -0.3 is 14.8 Å². The Morgan fingerprint density at radius 3 is 2.74 bits per heavy atom. The molecule has 0 radical (unpaired) electrons. The van der Waals surface area contributed by atoms with Crippen molar-refractivity contribution in [1.29, 1.82) is 0 Å². The van der Waals surface area contributed by atoms with Crippen molar-refractivity contribution in [2.24, 2.45) is 5.41 Å². The molecule has 0 amide bonds. The van der Waals surface area contributed by atoms with Crippen LogP contribution in [0.5, 0.6) is 5.75 Å². The fourth-order valence-electron chi connectivity index (χ4n) is 2.88. The van der Waals surface area contributed by atoms with Crippen molar-refractivity contribution < 1.29 is 9.47 Å². The normalized spacial score (nSPS) is 18.3. The van der Waals surface area contributed by atoms with Crippen molar-refractivity contribution in [2.75, 3.05) is 33.9 Å². The molecule has 19 heavy (non-hydrogen) atoms. The molecule has 1 heterocycles. The third-order valence-electron chi connectivity index (χ3n) is 3.91. The average Bonchev–Trinajstić information content (AvgIpc) is 2.40. The Kier molecular flexibility index (Phi) is 5.25. The SMILES string of the molecule is CNCC1(Cc2cc(Br)ccc2OC)CCOCC1. The Morgan fingerprint density at radius 1 is 1.37 bits per heavy atom. The maximum absolute atomic E-state index is 5.52. The predicted octanol–water partition coefficient (Wildman–Crippen LogP) is 3.02. The van der Waals surface area contributed by atoms with Crippen LogP contribution in [0.1, 0.15) is 18.4 Å². The van der Waals surface area contributed by atoms with E-state index in [-0.39, 0.29) is 5.41 Å². The first-order chi connectivity index (χ1) is 9.19. The highest BCUT2D eigenvalue weighted by molar-refractivity contribution is 9.10. The van der Waals surface area contributed by atoms with Crippen molar-refractivity contribution in [3.63, 3.8) is 0 Å². The van der Waals surface area contributed by atoms with E-state index in [1.165, 1.54) is 5.56 Å². The first-order valence-electron chi connectivity index (χ1n) is 6.74. The summed E-state index contributed by atoms with van der Waals surface area (Å²) in [6, 6.07) is 6.23. The van der Waals surface area contributed by atoms with Crippen LogP contribution in [0.2, 0.25) is 0 Å². The molecule has 1 fully saturated rings. The summed E-state index contributed by atoms with van der Waals surface area (Å²) in [4.78, 5) is 0. The Hall–Kier alpha value is -0.580. The third-order valence-corrected chi connectivity index (χ3v) is 4.41. The van der Waals surface area contributed by atoms with Crippen LogP contribution in [0.3, 0.4) is 0 Å². The summed E-state index contributed by atoms with van der Waals surface area (Å²) in [6.45, 7) is 2.74. The lowest BCUT2D eigenvalue weighted by Crippen LogP contribution is -2.39. The zero-order valence-electron chi connectivity index (χ0n) is 11.7. The Morgan fingerprint density at radius 2 is 2.11 bits per heavy atom. The number of halogens is 1. The van der Waals surface area contributed by atoms with Gasteiger partial charge in [0.05, 0.1) is 7.11 Å². The van der Waals surface area contributed by atoms with Gasteiger partial charge in [0.15, 0.2) is 0 Å². The molecule has 0 unspecified atom stereocenters. The molecule has 1 aromatic carbocycles. The molecule has 1 aromatic rings. The average molecular weight is 328 g/mol. The summed E-state index contributed by atoms with van der Waals surface area (Å²) >= 11 is 3.55. The molecular weight excluding hydrogens is 306 g/mol. The van der Waals surface area contributed by atoms with E-state index in [0.29, 0.717) is 0 Å². The summed E-state index contributed by atoms with van der Waals surface area (Å²) in [5.74, 6) is 0.977. The number of methoxy groups -OCH3 is 1. The Balaban J connectivity index is 2.23. The third kappa shape index (κ3) is 3.71. The topological polar surface area (TPSA) is 30.5 Å². The lowest BCUT2D eigenvalue weighted by molar-refractivity contribution is 0.0156. The van der Waals surface area contributed by atoms with Crippen molar-refractivity contribution in [1.82, 2.24) is 5.32 Å². The zero-order chi connectivity index (χ0) is 13.7. The van der Waals surface area contributed by atoms with Gasteiger partial charge in [0, 0.05) is 24.2 Å². The molecule has 106 valence electrons. The summed E-state index contributed by atoms with van der Waals surface area (Å²) in [5, 5.41) is 3.34. The van der Waals surface area contributed by atoms with E-state index in [9.17, 15) is 0 Å². The van der Waals surface area contributed by atoms with Crippen molar-refractivity contribution in [3.8, 4) is 5.75 Å². The Labute approximate surface area is 123 Å². The van der Waals surface area contributed by atoms with E-state index in [0.717, 1.165) is 49.2 Å². The van der Waals surface area contributed by atoms with Gasteiger partial charge in [-0.25, -0.2) is 0 Å². The second kappa shape index (κ2) is 6.73. The van der Waals surface area contributed by atoms with Crippen molar-refractivity contribution >= 4 is 15.9 Å². The molecule has 2 rings (SSSR count). The molecule has 0 aliphatic carbocycles. The first kappa shape index (κ1) is 14.8. The quantitative estimate of drug-likeness (QED) is 0.901. The summed E-state index contributed by atoms with van der Waals surface area (Å²) in [5.41, 5.74) is 1.55. The van der Waals surface area contributed by atoms with Crippen LogP contribution in [0.4, 0.5) is 0 Å². The lowest BCUT2D eigenvalue weighted by Gasteiger charge is -2.37. The molecule has 3 nitrogen and oxygen atoms in total. The molecule has 0 spiro atoms. The van der Waals surface area contributed by atoms with E-state index in [2.05, 4.69) is 27.3 Å². The monoisotopic (exact) mass is 327 g/mol. The van der Waals surface area contributed by atoms with Gasteiger partial charge in [0.2, 0.25) is 0 Å². The van der Waals surface area contributed by atoms with E-state index < -0.39 is 0 Å². The molecule has 1 saturated heterocycles. The predicted molar refractivity (Wildman–Crippen MR) is 80.8 cm³/mol. The molecule has 1 aliphatic rings. The van der Waals surface area contributed by atoms with Gasteiger partial charge in [-0.3, -0.25) is 0 Å². The van der Waals surface area contributed by atoms with E-state index in [1.807, 2.05) is 19.2 Å². The van der Waals surface area contributed by atoms with Gasteiger partial charge in [-0.05, 0) is 55.5 Å². The molecule has 0 bridgehead atoms. The van der Waals surface area contributed by atoms with Gasteiger partial charge in [-0.1, -0.05) is 15.9 Å². The molecule has 0 aromatic heterocycles. The first-order valence-corrected chi connectivity index (χ1v) is 7.53.